The third-order valence-corrected chi connectivity index (χ3v) is 11.0. The molecule has 1 aromatic heterocycles. The summed E-state index contributed by atoms with van der Waals surface area (Å²) in [5.74, 6) is 0. The molecule has 37 heavy (non-hydrogen) atoms. The monoisotopic (exact) mass is 501 g/mol. The highest BCUT2D eigenvalue weighted by Crippen LogP contribution is 2.58. The number of allylic oxidation sites excluding steroid dienone is 2. The lowest BCUT2D eigenvalue weighted by Gasteiger charge is -2.36. The largest absolute Gasteiger partial charge is 0.313 e. The van der Waals surface area contributed by atoms with Crippen LogP contribution in [0.25, 0.3) is 10.8 Å². The lowest BCUT2D eigenvalue weighted by atomic mass is 9.99. The van der Waals surface area contributed by atoms with Gasteiger partial charge in [-0.25, -0.2) is 0 Å². The van der Waals surface area contributed by atoms with Gasteiger partial charge >= 0.3 is 0 Å². The number of pyridine rings is 1. The summed E-state index contributed by atoms with van der Waals surface area (Å²) in [4.78, 5) is 4.62. The van der Waals surface area contributed by atoms with Crippen molar-refractivity contribution in [1.29, 1.82) is 0 Å². The molecular weight excluding hydrogens is 469 g/mol. The van der Waals surface area contributed by atoms with E-state index in [1.54, 1.807) is 0 Å². The molecular formula is C34H32NOP. The van der Waals surface area contributed by atoms with Gasteiger partial charge in [-0.05, 0) is 48.2 Å². The Morgan fingerprint density at radius 2 is 1.35 bits per heavy atom. The maximum Gasteiger partial charge on any atom is 0.152 e. The van der Waals surface area contributed by atoms with Crippen LogP contribution < -0.4 is 10.6 Å². The lowest BCUT2D eigenvalue weighted by Crippen LogP contribution is -2.36. The van der Waals surface area contributed by atoms with E-state index in [-0.39, 0.29) is 0 Å². The summed E-state index contributed by atoms with van der Waals surface area (Å²) in [6, 6.07) is 40.9. The third-order valence-electron chi connectivity index (χ3n) is 7.16. The molecule has 0 bridgehead atoms. The van der Waals surface area contributed by atoms with E-state index in [0.29, 0.717) is 6.42 Å². The molecule has 0 radical (unpaired) electrons. The van der Waals surface area contributed by atoms with E-state index in [2.05, 4.69) is 66.5 Å². The fraction of sp³-hybridized carbons (Fsp3) is 0.147. The van der Waals surface area contributed by atoms with E-state index in [1.165, 1.54) is 16.3 Å². The molecule has 5 aromatic rings. The van der Waals surface area contributed by atoms with Gasteiger partial charge in [0.25, 0.3) is 0 Å². The van der Waals surface area contributed by atoms with Crippen LogP contribution in [0.1, 0.15) is 24.6 Å². The van der Waals surface area contributed by atoms with Gasteiger partial charge in [0.05, 0.1) is 5.16 Å². The molecule has 0 aliphatic rings. The molecule has 0 amide bonds. The van der Waals surface area contributed by atoms with Gasteiger partial charge in [-0.2, -0.15) is 0 Å². The van der Waals surface area contributed by atoms with E-state index < -0.39 is 12.3 Å². The third kappa shape index (κ3) is 5.22. The standard InChI is InChI=1S/C34H32NOP/c1-34(27-30-19-11-13-26-35-30,25-12-10-16-29-18-14-17-28-15-8-9-24-33(28)29)37(36,31-20-4-2-5-21-31)32-22-6-3-7-23-32/h2-9,11-15,17-26H,10,16,27H2,1H3/b25-12+/t34-/m1/s1. The average molecular weight is 502 g/mol. The normalized spacial score (nSPS) is 13.5. The fourth-order valence-electron chi connectivity index (χ4n) is 5.25. The number of hydrogen-bond acceptors (Lipinski definition) is 2. The molecule has 184 valence electrons. The first-order valence-corrected chi connectivity index (χ1v) is 14.6. The van der Waals surface area contributed by atoms with Crippen molar-refractivity contribution in [3.8, 4) is 0 Å². The van der Waals surface area contributed by atoms with Crippen LogP contribution in [0, 0.1) is 0 Å². The lowest BCUT2D eigenvalue weighted by molar-refractivity contribution is 0.562. The molecule has 0 spiro atoms. The second-order valence-electron chi connectivity index (χ2n) is 9.71. The van der Waals surface area contributed by atoms with Crippen molar-refractivity contribution in [2.45, 2.75) is 31.3 Å². The van der Waals surface area contributed by atoms with Gasteiger partial charge in [0.2, 0.25) is 0 Å². The highest BCUT2D eigenvalue weighted by molar-refractivity contribution is 7.80. The van der Waals surface area contributed by atoms with Crippen LogP contribution in [-0.4, -0.2) is 10.1 Å². The minimum atomic E-state index is -3.09. The first-order valence-electron chi connectivity index (χ1n) is 12.9. The predicted octanol–water partition coefficient (Wildman–Crippen LogP) is 7.74. The summed E-state index contributed by atoms with van der Waals surface area (Å²) in [5, 5.41) is 3.66. The molecule has 0 aliphatic carbocycles. The molecule has 4 aromatic carbocycles. The van der Waals surface area contributed by atoms with E-state index in [0.717, 1.165) is 29.1 Å². The number of nitrogens with zero attached hydrogens (tertiary/aromatic N) is 1. The average Bonchev–Trinajstić information content (AvgIpc) is 2.96. The Hall–Kier alpha value is -3.74. The zero-order valence-corrected chi connectivity index (χ0v) is 22.1. The Bertz CT molecular complexity index is 1480. The quantitative estimate of drug-likeness (QED) is 0.153. The second-order valence-corrected chi connectivity index (χ2v) is 13.0. The van der Waals surface area contributed by atoms with E-state index >= 15 is 4.57 Å². The van der Waals surface area contributed by atoms with Crippen LogP contribution >= 0.6 is 7.14 Å². The first-order chi connectivity index (χ1) is 18.1. The Morgan fingerprint density at radius 3 is 2.03 bits per heavy atom. The molecule has 0 aliphatic heterocycles. The van der Waals surface area contributed by atoms with Gasteiger partial charge < -0.3 is 4.57 Å². The number of aromatic nitrogens is 1. The molecule has 2 nitrogen and oxygen atoms in total. The number of hydrogen-bond donors (Lipinski definition) is 0. The summed E-state index contributed by atoms with van der Waals surface area (Å²) in [7, 11) is -3.09. The molecule has 5 rings (SSSR count). The topological polar surface area (TPSA) is 30.0 Å². The van der Waals surface area contributed by atoms with Gasteiger partial charge in [-0.1, -0.05) is 121 Å². The minimum Gasteiger partial charge on any atom is -0.313 e. The Morgan fingerprint density at radius 1 is 0.730 bits per heavy atom. The van der Waals surface area contributed by atoms with Crippen molar-refractivity contribution < 1.29 is 4.57 Å². The number of rotatable bonds is 9. The summed E-state index contributed by atoms with van der Waals surface area (Å²) < 4.78 is 15.4. The molecule has 0 unspecified atom stereocenters. The van der Waals surface area contributed by atoms with Crippen LogP contribution in [0.2, 0.25) is 0 Å². The van der Waals surface area contributed by atoms with Gasteiger partial charge in [0.1, 0.15) is 0 Å². The van der Waals surface area contributed by atoms with Gasteiger partial charge in [0.15, 0.2) is 7.14 Å². The number of aryl methyl sites for hydroxylation is 1. The van der Waals surface area contributed by atoms with Gasteiger partial charge in [-0.3, -0.25) is 4.98 Å². The summed E-state index contributed by atoms with van der Waals surface area (Å²) in [5.41, 5.74) is 2.28. The minimum absolute atomic E-state index is 0.583. The second kappa shape index (κ2) is 11.1. The van der Waals surface area contributed by atoms with Crippen LogP contribution in [0.15, 0.2) is 140 Å². The Labute approximate surface area is 220 Å². The van der Waals surface area contributed by atoms with Crippen LogP contribution in [0.4, 0.5) is 0 Å². The van der Waals surface area contributed by atoms with Gasteiger partial charge in [0, 0.05) is 28.9 Å². The van der Waals surface area contributed by atoms with Gasteiger partial charge in [-0.15, -0.1) is 0 Å². The summed E-state index contributed by atoms with van der Waals surface area (Å²) >= 11 is 0. The van der Waals surface area contributed by atoms with Crippen LogP contribution in [-0.2, 0) is 17.4 Å². The van der Waals surface area contributed by atoms with Crippen LogP contribution in [0.3, 0.4) is 0 Å². The number of fused-ring (bicyclic) bond motifs is 1. The molecule has 0 fully saturated rings. The first kappa shape index (κ1) is 24.9. The van der Waals surface area contributed by atoms with Crippen LogP contribution in [0.5, 0.6) is 0 Å². The van der Waals surface area contributed by atoms with Crippen molar-refractivity contribution in [3.05, 3.63) is 151 Å². The smallest absolute Gasteiger partial charge is 0.152 e. The number of benzene rings is 4. The highest BCUT2D eigenvalue weighted by Gasteiger charge is 2.45. The Kier molecular flexibility index (Phi) is 7.49. The maximum absolute atomic E-state index is 15.4. The zero-order valence-electron chi connectivity index (χ0n) is 21.2. The predicted molar refractivity (Wildman–Crippen MR) is 158 cm³/mol. The van der Waals surface area contributed by atoms with Crippen molar-refractivity contribution >= 4 is 28.5 Å². The fourth-order valence-corrected chi connectivity index (χ4v) is 8.61. The molecule has 0 saturated carbocycles. The van der Waals surface area contributed by atoms with E-state index in [1.807, 2.05) is 85.1 Å². The summed E-state index contributed by atoms with van der Waals surface area (Å²) in [6.45, 7) is 2.14. The molecule has 1 atom stereocenters. The van der Waals surface area contributed by atoms with Crippen molar-refractivity contribution in [3.63, 3.8) is 0 Å². The van der Waals surface area contributed by atoms with E-state index in [4.69, 9.17) is 0 Å². The highest BCUT2D eigenvalue weighted by atomic mass is 31.2. The molecule has 0 N–H and O–H groups in total. The zero-order chi connectivity index (χ0) is 25.6. The molecule has 1 heterocycles. The van der Waals surface area contributed by atoms with E-state index in [9.17, 15) is 0 Å². The Balaban J connectivity index is 1.54. The molecule has 0 saturated heterocycles. The SMILES string of the molecule is C[C@@](/C=C/CCc1cccc2ccccc12)(Cc1ccccn1)P(=O)(c1ccccc1)c1ccccc1. The van der Waals surface area contributed by atoms with Crippen molar-refractivity contribution in [1.82, 2.24) is 4.98 Å². The van der Waals surface area contributed by atoms with Crippen molar-refractivity contribution in [2.24, 2.45) is 0 Å². The summed E-state index contributed by atoms with van der Waals surface area (Å²) in [6.07, 6.45) is 8.63. The maximum atomic E-state index is 15.4. The van der Waals surface area contributed by atoms with Crippen molar-refractivity contribution in [2.75, 3.05) is 0 Å². The molecule has 3 heteroatoms.